The number of halogens is 1. The highest BCUT2D eigenvalue weighted by molar-refractivity contribution is 5.57. The van der Waals surface area contributed by atoms with E-state index in [2.05, 4.69) is 22.0 Å². The molecule has 2 aromatic carbocycles. The molecule has 1 aliphatic rings. The van der Waals surface area contributed by atoms with E-state index in [4.69, 9.17) is 4.42 Å². The van der Waals surface area contributed by atoms with Gasteiger partial charge in [-0.05, 0) is 55.7 Å². The maximum absolute atomic E-state index is 13.5. The Hall–Kier alpha value is -2.69. The van der Waals surface area contributed by atoms with Crippen molar-refractivity contribution in [2.45, 2.75) is 32.4 Å². The average molecular weight is 323 g/mol. The first-order valence-corrected chi connectivity index (χ1v) is 8.13. The molecule has 1 atom stereocenters. The third-order valence-corrected chi connectivity index (χ3v) is 4.51. The molecular formula is C19H18FN3O. The summed E-state index contributed by atoms with van der Waals surface area (Å²) in [6.07, 6.45) is 1.87. The van der Waals surface area contributed by atoms with Crippen LogP contribution in [0.3, 0.4) is 0 Å². The quantitative estimate of drug-likeness (QED) is 0.724. The molecule has 24 heavy (non-hydrogen) atoms. The Morgan fingerprint density at radius 3 is 2.83 bits per heavy atom. The highest BCUT2D eigenvalue weighted by Gasteiger charge is 2.25. The summed E-state index contributed by atoms with van der Waals surface area (Å²) in [5.41, 5.74) is 3.00. The van der Waals surface area contributed by atoms with E-state index in [0.717, 1.165) is 29.7 Å². The first-order valence-electron chi connectivity index (χ1n) is 8.13. The number of rotatable bonds is 3. The standard InChI is InChI=1S/C19H18FN3O/c1-13-7-8-15-11-16(20)9-10-17(15)23(13)12-18-21-22-19(24-18)14-5-3-2-4-6-14/h2-6,9-11,13H,7-8,12H2,1H3/t13-/m0/s1. The smallest absolute Gasteiger partial charge is 0.247 e. The fraction of sp³-hybridized carbons (Fsp3) is 0.263. The van der Waals surface area contributed by atoms with Crippen LogP contribution in [0.5, 0.6) is 0 Å². The second-order valence-electron chi connectivity index (χ2n) is 6.16. The van der Waals surface area contributed by atoms with Crippen molar-refractivity contribution in [2.24, 2.45) is 0 Å². The molecule has 0 saturated carbocycles. The van der Waals surface area contributed by atoms with E-state index in [-0.39, 0.29) is 5.82 Å². The van der Waals surface area contributed by atoms with Gasteiger partial charge < -0.3 is 9.32 Å². The molecule has 0 amide bonds. The van der Waals surface area contributed by atoms with E-state index < -0.39 is 0 Å². The van der Waals surface area contributed by atoms with Crippen molar-refractivity contribution in [3.8, 4) is 11.5 Å². The van der Waals surface area contributed by atoms with Crippen molar-refractivity contribution in [3.63, 3.8) is 0 Å². The lowest BCUT2D eigenvalue weighted by atomic mass is 9.96. The molecule has 4 rings (SSSR count). The van der Waals surface area contributed by atoms with Crippen LogP contribution < -0.4 is 4.90 Å². The number of anilines is 1. The van der Waals surface area contributed by atoms with Crippen molar-refractivity contribution < 1.29 is 8.81 Å². The van der Waals surface area contributed by atoms with Gasteiger partial charge in [0.05, 0.1) is 6.54 Å². The van der Waals surface area contributed by atoms with E-state index >= 15 is 0 Å². The number of benzene rings is 2. The van der Waals surface area contributed by atoms with E-state index in [1.165, 1.54) is 6.07 Å². The minimum Gasteiger partial charge on any atom is -0.419 e. The summed E-state index contributed by atoms with van der Waals surface area (Å²) in [6, 6.07) is 15.0. The maximum Gasteiger partial charge on any atom is 0.247 e. The first kappa shape index (κ1) is 14.9. The molecule has 2 heterocycles. The van der Waals surface area contributed by atoms with Crippen molar-refractivity contribution in [1.29, 1.82) is 0 Å². The minimum absolute atomic E-state index is 0.188. The fourth-order valence-electron chi connectivity index (χ4n) is 3.19. The summed E-state index contributed by atoms with van der Waals surface area (Å²) in [4.78, 5) is 2.21. The molecule has 0 spiro atoms. The Kier molecular flexibility index (Phi) is 3.76. The van der Waals surface area contributed by atoms with Gasteiger partial charge in [0.25, 0.3) is 0 Å². The van der Waals surface area contributed by atoms with Gasteiger partial charge in [-0.25, -0.2) is 4.39 Å². The zero-order valence-corrected chi connectivity index (χ0v) is 13.4. The molecule has 1 aliphatic heterocycles. The second-order valence-corrected chi connectivity index (χ2v) is 6.16. The third-order valence-electron chi connectivity index (χ3n) is 4.51. The first-order chi connectivity index (χ1) is 11.7. The predicted molar refractivity (Wildman–Crippen MR) is 90.1 cm³/mol. The van der Waals surface area contributed by atoms with Gasteiger partial charge >= 0.3 is 0 Å². The Labute approximate surface area is 139 Å². The Balaban J connectivity index is 1.61. The SMILES string of the molecule is C[C@H]1CCc2cc(F)ccc2N1Cc1nnc(-c2ccccc2)o1. The zero-order valence-electron chi connectivity index (χ0n) is 13.4. The maximum atomic E-state index is 13.5. The van der Waals surface area contributed by atoms with Crippen LogP contribution in [-0.2, 0) is 13.0 Å². The molecule has 3 aromatic rings. The zero-order chi connectivity index (χ0) is 16.5. The number of fused-ring (bicyclic) bond motifs is 1. The fourth-order valence-corrected chi connectivity index (χ4v) is 3.19. The van der Waals surface area contributed by atoms with Gasteiger partial charge in [-0.2, -0.15) is 0 Å². The number of hydrogen-bond donors (Lipinski definition) is 0. The van der Waals surface area contributed by atoms with Gasteiger partial charge in [0, 0.05) is 17.3 Å². The molecular weight excluding hydrogens is 305 g/mol. The second kappa shape index (κ2) is 6.07. The van der Waals surface area contributed by atoms with Gasteiger partial charge in [0.15, 0.2) is 0 Å². The number of aromatic nitrogens is 2. The van der Waals surface area contributed by atoms with Crippen LogP contribution in [0.15, 0.2) is 52.9 Å². The molecule has 122 valence electrons. The van der Waals surface area contributed by atoms with Crippen LogP contribution in [0, 0.1) is 5.82 Å². The highest BCUT2D eigenvalue weighted by atomic mass is 19.1. The topological polar surface area (TPSA) is 42.2 Å². The molecule has 0 radical (unpaired) electrons. The molecule has 0 saturated heterocycles. The van der Waals surface area contributed by atoms with E-state index in [1.54, 1.807) is 6.07 Å². The van der Waals surface area contributed by atoms with Crippen molar-refractivity contribution in [3.05, 3.63) is 65.8 Å². The monoisotopic (exact) mass is 323 g/mol. The van der Waals surface area contributed by atoms with E-state index in [9.17, 15) is 4.39 Å². The van der Waals surface area contributed by atoms with Crippen LogP contribution >= 0.6 is 0 Å². The molecule has 0 fully saturated rings. The van der Waals surface area contributed by atoms with E-state index in [1.807, 2.05) is 36.4 Å². The summed E-state index contributed by atoms with van der Waals surface area (Å²) in [7, 11) is 0. The lowest BCUT2D eigenvalue weighted by Gasteiger charge is -2.36. The van der Waals surface area contributed by atoms with Crippen molar-refractivity contribution >= 4 is 5.69 Å². The van der Waals surface area contributed by atoms with Crippen molar-refractivity contribution in [1.82, 2.24) is 10.2 Å². The Bertz CT molecular complexity index is 847. The summed E-state index contributed by atoms with van der Waals surface area (Å²) in [6.45, 7) is 2.69. The van der Waals surface area contributed by atoms with Gasteiger partial charge in [-0.3, -0.25) is 0 Å². The highest BCUT2D eigenvalue weighted by Crippen LogP contribution is 2.32. The van der Waals surface area contributed by atoms with Gasteiger partial charge in [-0.1, -0.05) is 18.2 Å². The van der Waals surface area contributed by atoms with E-state index in [0.29, 0.717) is 24.4 Å². The summed E-state index contributed by atoms with van der Waals surface area (Å²) < 4.78 is 19.3. The minimum atomic E-state index is -0.188. The molecule has 5 heteroatoms. The van der Waals surface area contributed by atoms with Gasteiger partial charge in [-0.15, -0.1) is 10.2 Å². The lowest BCUT2D eigenvalue weighted by Crippen LogP contribution is -2.36. The molecule has 0 N–H and O–H groups in total. The molecule has 0 bridgehead atoms. The number of hydrogen-bond acceptors (Lipinski definition) is 4. The largest absolute Gasteiger partial charge is 0.419 e. The van der Waals surface area contributed by atoms with Gasteiger partial charge in [0.2, 0.25) is 11.8 Å². The summed E-state index contributed by atoms with van der Waals surface area (Å²) in [5.74, 6) is 0.903. The van der Waals surface area contributed by atoms with Crippen molar-refractivity contribution in [2.75, 3.05) is 4.90 Å². The normalized spacial score (nSPS) is 16.9. The van der Waals surface area contributed by atoms with Crippen LogP contribution in [0.1, 0.15) is 24.8 Å². The Morgan fingerprint density at radius 1 is 1.17 bits per heavy atom. The Morgan fingerprint density at radius 2 is 2.00 bits per heavy atom. The molecule has 0 aliphatic carbocycles. The molecule has 4 nitrogen and oxygen atoms in total. The summed E-state index contributed by atoms with van der Waals surface area (Å²) in [5, 5.41) is 8.32. The van der Waals surface area contributed by atoms with Crippen LogP contribution in [0.2, 0.25) is 0 Å². The number of aryl methyl sites for hydroxylation is 1. The number of nitrogens with zero attached hydrogens (tertiary/aromatic N) is 3. The average Bonchev–Trinajstić information content (AvgIpc) is 3.07. The molecule has 1 aromatic heterocycles. The third kappa shape index (κ3) is 2.77. The summed E-state index contributed by atoms with van der Waals surface area (Å²) >= 11 is 0. The predicted octanol–water partition coefficient (Wildman–Crippen LogP) is 4.22. The van der Waals surface area contributed by atoms with Crippen LogP contribution in [0.4, 0.5) is 10.1 Å². The van der Waals surface area contributed by atoms with Crippen LogP contribution in [0.25, 0.3) is 11.5 Å². The lowest BCUT2D eigenvalue weighted by molar-refractivity contribution is 0.468. The van der Waals surface area contributed by atoms with Gasteiger partial charge in [0.1, 0.15) is 5.82 Å². The van der Waals surface area contributed by atoms with Crippen LogP contribution in [-0.4, -0.2) is 16.2 Å². The molecule has 0 unspecified atom stereocenters.